The molecule has 3 aliphatic rings. The number of carbonyl (C=O) groups excluding carboxylic acids is 1. The Bertz CT molecular complexity index is 848. The number of amides is 1. The van der Waals surface area contributed by atoms with Gasteiger partial charge >= 0.3 is 6.09 Å². The first kappa shape index (κ1) is 17.6. The number of halogens is 1. The van der Waals surface area contributed by atoms with Crippen LogP contribution in [0.5, 0.6) is 0 Å². The van der Waals surface area contributed by atoms with E-state index < -0.39 is 5.60 Å². The van der Waals surface area contributed by atoms with E-state index in [1.807, 2.05) is 37.8 Å². The van der Waals surface area contributed by atoms with Crippen molar-refractivity contribution in [2.24, 2.45) is 0 Å². The first-order valence-electron chi connectivity index (χ1n) is 8.72. The van der Waals surface area contributed by atoms with Crippen molar-refractivity contribution in [2.75, 3.05) is 18.0 Å². The van der Waals surface area contributed by atoms with Crippen molar-refractivity contribution in [2.45, 2.75) is 51.5 Å². The maximum Gasteiger partial charge on any atom is 0.410 e. The van der Waals surface area contributed by atoms with Crippen LogP contribution in [0.1, 0.15) is 32.8 Å². The molecule has 1 amide bonds. The van der Waals surface area contributed by atoms with Crippen LogP contribution in [0.4, 0.5) is 10.8 Å². The first-order chi connectivity index (χ1) is 12.3. The predicted molar refractivity (Wildman–Crippen MR) is 100 cm³/mol. The topological polar surface area (TPSA) is 79.0 Å². The van der Waals surface area contributed by atoms with Gasteiger partial charge in [-0.25, -0.2) is 4.79 Å². The number of hydrogen-bond acceptors (Lipinski definition) is 6. The van der Waals surface area contributed by atoms with Gasteiger partial charge in [-0.1, -0.05) is 6.07 Å². The monoisotopic (exact) mass is 423 g/mol. The number of piperazine rings is 1. The number of oxazole rings is 1. The number of fused-ring (bicyclic) bond motifs is 3. The molecule has 7 nitrogen and oxygen atoms in total. The van der Waals surface area contributed by atoms with E-state index in [2.05, 4.69) is 25.8 Å². The number of aromatic nitrogens is 1. The molecule has 8 heteroatoms. The van der Waals surface area contributed by atoms with Crippen LogP contribution in [0.2, 0.25) is 0 Å². The van der Waals surface area contributed by atoms with E-state index in [1.165, 1.54) is 0 Å². The Hall–Kier alpha value is -1.80. The van der Waals surface area contributed by atoms with Crippen LogP contribution in [0.3, 0.4) is 0 Å². The summed E-state index contributed by atoms with van der Waals surface area (Å²) in [7, 11) is 0. The quantitative estimate of drug-likeness (QED) is 0.798. The number of aliphatic hydroxyl groups excluding tert-OH is 1. The summed E-state index contributed by atoms with van der Waals surface area (Å²) in [5.41, 5.74) is 1.54. The molecule has 0 aliphatic carbocycles. The number of benzene rings is 1. The normalized spacial score (nSPS) is 22.5. The van der Waals surface area contributed by atoms with E-state index in [4.69, 9.17) is 9.15 Å². The average molecular weight is 424 g/mol. The highest BCUT2D eigenvalue weighted by Crippen LogP contribution is 2.37. The fourth-order valence-corrected chi connectivity index (χ4v) is 4.06. The summed E-state index contributed by atoms with van der Waals surface area (Å²) in [5.74, 6) is 0. The number of ether oxygens (including phenoxy) is 1. The first-order valence-corrected chi connectivity index (χ1v) is 9.51. The van der Waals surface area contributed by atoms with Gasteiger partial charge in [0.2, 0.25) is 0 Å². The lowest BCUT2D eigenvalue weighted by Gasteiger charge is -2.55. The molecule has 140 valence electrons. The largest absolute Gasteiger partial charge is 0.444 e. The van der Waals surface area contributed by atoms with Crippen molar-refractivity contribution < 1.29 is 19.1 Å². The van der Waals surface area contributed by atoms with E-state index >= 15 is 0 Å². The number of hydrogen-bond donors (Lipinski definition) is 1. The Morgan fingerprint density at radius 1 is 1.38 bits per heavy atom. The maximum atomic E-state index is 12.4. The molecular weight excluding hydrogens is 402 g/mol. The van der Waals surface area contributed by atoms with Crippen molar-refractivity contribution in [3.8, 4) is 0 Å². The molecule has 3 fully saturated rings. The minimum absolute atomic E-state index is 0.0899. The highest BCUT2D eigenvalue weighted by molar-refractivity contribution is 9.10. The molecule has 0 spiro atoms. The molecule has 3 aliphatic heterocycles. The SMILES string of the molecule is CC(C)(C)OC(=O)N1C2CC1CN(c1nc3c(CO)ccc(Br)c3o1)C2. The van der Waals surface area contributed by atoms with Gasteiger partial charge in [0.05, 0.1) is 23.2 Å². The fourth-order valence-electron chi connectivity index (χ4n) is 3.66. The van der Waals surface area contributed by atoms with Crippen LogP contribution in [0, 0.1) is 0 Å². The van der Waals surface area contributed by atoms with Gasteiger partial charge in [0, 0.05) is 18.7 Å². The standard InChI is InChI=1S/C18H22BrN3O4/c1-18(2,3)26-17(24)22-11-6-12(22)8-21(7-11)16-20-14-10(9-23)4-5-13(19)15(14)25-16/h4-5,11-12,23H,6-9H2,1-3H3. The number of anilines is 1. The van der Waals surface area contributed by atoms with Crippen LogP contribution >= 0.6 is 15.9 Å². The third-order valence-electron chi connectivity index (χ3n) is 4.81. The molecule has 1 aromatic carbocycles. The van der Waals surface area contributed by atoms with Gasteiger partial charge in [0.25, 0.3) is 6.01 Å². The van der Waals surface area contributed by atoms with E-state index in [-0.39, 0.29) is 24.8 Å². The van der Waals surface area contributed by atoms with Crippen molar-refractivity contribution in [1.29, 1.82) is 0 Å². The molecule has 5 rings (SSSR count). The molecule has 26 heavy (non-hydrogen) atoms. The van der Waals surface area contributed by atoms with Crippen molar-refractivity contribution >= 4 is 39.1 Å². The van der Waals surface area contributed by atoms with Crippen molar-refractivity contribution in [3.05, 3.63) is 22.2 Å². The minimum Gasteiger partial charge on any atom is -0.444 e. The zero-order chi connectivity index (χ0) is 18.6. The zero-order valence-corrected chi connectivity index (χ0v) is 16.6. The van der Waals surface area contributed by atoms with Crippen LogP contribution in [-0.4, -0.2) is 51.9 Å². The Morgan fingerprint density at radius 3 is 2.69 bits per heavy atom. The van der Waals surface area contributed by atoms with Crippen LogP contribution in [0.15, 0.2) is 21.0 Å². The fraction of sp³-hybridized carbons (Fsp3) is 0.556. The molecule has 2 atom stereocenters. The van der Waals surface area contributed by atoms with Gasteiger partial charge in [-0.15, -0.1) is 0 Å². The van der Waals surface area contributed by atoms with Gasteiger partial charge in [0.15, 0.2) is 5.58 Å². The van der Waals surface area contributed by atoms with Crippen molar-refractivity contribution in [1.82, 2.24) is 9.88 Å². The second-order valence-electron chi connectivity index (χ2n) is 7.87. The summed E-state index contributed by atoms with van der Waals surface area (Å²) in [4.78, 5) is 20.9. The van der Waals surface area contributed by atoms with Gasteiger partial charge in [0.1, 0.15) is 11.1 Å². The predicted octanol–water partition coefficient (Wildman–Crippen LogP) is 3.28. The van der Waals surface area contributed by atoms with E-state index in [0.29, 0.717) is 30.2 Å². The summed E-state index contributed by atoms with van der Waals surface area (Å²) < 4.78 is 12.3. The van der Waals surface area contributed by atoms with Crippen LogP contribution < -0.4 is 4.90 Å². The number of aliphatic hydroxyl groups is 1. The van der Waals surface area contributed by atoms with E-state index in [9.17, 15) is 9.90 Å². The highest BCUT2D eigenvalue weighted by atomic mass is 79.9. The van der Waals surface area contributed by atoms with Crippen molar-refractivity contribution in [3.63, 3.8) is 0 Å². The third-order valence-corrected chi connectivity index (χ3v) is 5.43. The average Bonchev–Trinajstić information content (AvgIpc) is 3.00. The lowest BCUT2D eigenvalue weighted by atomic mass is 9.88. The molecule has 2 unspecified atom stereocenters. The Kier molecular flexibility index (Phi) is 4.15. The lowest BCUT2D eigenvalue weighted by Crippen LogP contribution is -2.70. The summed E-state index contributed by atoms with van der Waals surface area (Å²) in [5, 5.41) is 9.52. The van der Waals surface area contributed by atoms with E-state index in [1.54, 1.807) is 0 Å². The van der Waals surface area contributed by atoms with E-state index in [0.717, 1.165) is 16.5 Å². The molecule has 3 saturated heterocycles. The molecule has 1 aromatic heterocycles. The molecule has 4 heterocycles. The Morgan fingerprint density at radius 2 is 2.08 bits per heavy atom. The molecule has 2 aromatic rings. The Labute approximate surface area is 160 Å². The van der Waals surface area contributed by atoms with Crippen LogP contribution in [0.25, 0.3) is 11.1 Å². The number of piperidine rings is 1. The lowest BCUT2D eigenvalue weighted by molar-refractivity contribution is -0.0386. The number of rotatable bonds is 2. The van der Waals surface area contributed by atoms with Gasteiger partial charge < -0.3 is 19.2 Å². The summed E-state index contributed by atoms with van der Waals surface area (Å²) in [6.45, 7) is 6.86. The highest BCUT2D eigenvalue weighted by Gasteiger charge is 2.49. The zero-order valence-electron chi connectivity index (χ0n) is 15.0. The maximum absolute atomic E-state index is 12.4. The summed E-state index contributed by atoms with van der Waals surface area (Å²) in [6, 6.07) is 4.43. The summed E-state index contributed by atoms with van der Waals surface area (Å²) >= 11 is 3.47. The third kappa shape index (κ3) is 2.95. The van der Waals surface area contributed by atoms with Gasteiger partial charge in [-0.2, -0.15) is 4.98 Å². The molecule has 2 bridgehead atoms. The van der Waals surface area contributed by atoms with Gasteiger partial charge in [-0.05, 0) is 49.2 Å². The number of nitrogens with zero attached hydrogens (tertiary/aromatic N) is 3. The second-order valence-corrected chi connectivity index (χ2v) is 8.73. The molecular formula is C18H22BrN3O4. The smallest absolute Gasteiger partial charge is 0.410 e. The minimum atomic E-state index is -0.492. The molecule has 1 N–H and O–H groups in total. The number of carbonyl (C=O) groups is 1. The second kappa shape index (κ2) is 6.13. The molecule has 0 radical (unpaired) electrons. The van der Waals surface area contributed by atoms with Crippen LogP contribution in [-0.2, 0) is 11.3 Å². The molecule has 0 saturated carbocycles. The Balaban J connectivity index is 1.53. The van der Waals surface area contributed by atoms with Gasteiger partial charge in [-0.3, -0.25) is 4.90 Å². The summed E-state index contributed by atoms with van der Waals surface area (Å²) in [6.07, 6.45) is 0.725.